The average molecular weight is 568 g/mol. The van der Waals surface area contributed by atoms with Crippen LogP contribution in [0.1, 0.15) is 32.8 Å². The summed E-state index contributed by atoms with van der Waals surface area (Å²) in [5, 5.41) is 2.89. The van der Waals surface area contributed by atoms with Gasteiger partial charge in [0.2, 0.25) is 11.8 Å². The monoisotopic (exact) mass is 567 g/mol. The summed E-state index contributed by atoms with van der Waals surface area (Å²) in [6.07, 6.45) is 0.338. The summed E-state index contributed by atoms with van der Waals surface area (Å²) in [6, 6.07) is 20.9. The molecule has 40 heavy (non-hydrogen) atoms. The molecule has 2 amide bonds. The Bertz CT molecular complexity index is 1380. The number of nitrogens with one attached hydrogen (secondary N) is 1. The number of amides is 2. The van der Waals surface area contributed by atoms with E-state index in [0.29, 0.717) is 12.2 Å². The maximum Gasteiger partial charge on any atom is 0.264 e. The Hall–Kier alpha value is -4.05. The van der Waals surface area contributed by atoms with Gasteiger partial charge in [-0.15, -0.1) is 0 Å². The molecule has 3 aromatic carbocycles. The molecule has 0 aliphatic carbocycles. The van der Waals surface area contributed by atoms with Crippen LogP contribution in [0.2, 0.25) is 0 Å². The van der Waals surface area contributed by atoms with Crippen LogP contribution in [0.5, 0.6) is 11.5 Å². The van der Waals surface area contributed by atoms with Crippen LogP contribution in [0, 0.1) is 0 Å². The molecule has 0 spiro atoms. The number of methoxy groups -OCH3 is 2. The minimum atomic E-state index is -4.24. The van der Waals surface area contributed by atoms with E-state index in [1.54, 1.807) is 30.3 Å². The van der Waals surface area contributed by atoms with E-state index < -0.39 is 28.5 Å². The van der Waals surface area contributed by atoms with Crippen molar-refractivity contribution in [3.05, 3.63) is 84.4 Å². The van der Waals surface area contributed by atoms with Crippen molar-refractivity contribution < 1.29 is 27.5 Å². The summed E-state index contributed by atoms with van der Waals surface area (Å²) in [6.45, 7) is 5.06. The van der Waals surface area contributed by atoms with Crippen LogP contribution in [0.4, 0.5) is 5.69 Å². The van der Waals surface area contributed by atoms with Gasteiger partial charge in [-0.1, -0.05) is 55.5 Å². The molecule has 9 nitrogen and oxygen atoms in total. The topological polar surface area (TPSA) is 105 Å². The molecule has 3 rings (SSSR count). The molecular formula is C30H37N3O6S. The van der Waals surface area contributed by atoms with E-state index in [1.807, 2.05) is 51.1 Å². The van der Waals surface area contributed by atoms with Gasteiger partial charge in [-0.2, -0.15) is 0 Å². The van der Waals surface area contributed by atoms with E-state index in [2.05, 4.69) is 5.32 Å². The van der Waals surface area contributed by atoms with Gasteiger partial charge >= 0.3 is 0 Å². The summed E-state index contributed by atoms with van der Waals surface area (Å²) in [5.41, 5.74) is 0.946. The molecule has 3 aromatic rings. The molecule has 0 aromatic heterocycles. The number of carbonyl (C=O) groups excluding carboxylic acids is 2. The summed E-state index contributed by atoms with van der Waals surface area (Å²) in [7, 11) is -1.35. The lowest BCUT2D eigenvalue weighted by Crippen LogP contribution is -2.53. The lowest BCUT2D eigenvalue weighted by Gasteiger charge is -2.34. The van der Waals surface area contributed by atoms with Crippen molar-refractivity contribution in [3.63, 3.8) is 0 Å². The van der Waals surface area contributed by atoms with Gasteiger partial charge < -0.3 is 19.7 Å². The zero-order chi connectivity index (χ0) is 29.3. The van der Waals surface area contributed by atoms with Gasteiger partial charge in [-0.25, -0.2) is 8.42 Å². The predicted molar refractivity (Wildman–Crippen MR) is 155 cm³/mol. The fraction of sp³-hybridized carbons (Fsp3) is 0.333. The Labute approximate surface area is 236 Å². The van der Waals surface area contributed by atoms with E-state index in [9.17, 15) is 18.0 Å². The number of hydrogen-bond donors (Lipinski definition) is 1. The molecular weight excluding hydrogens is 530 g/mol. The molecule has 0 aliphatic heterocycles. The van der Waals surface area contributed by atoms with Crippen LogP contribution < -0.4 is 19.1 Å². The van der Waals surface area contributed by atoms with Gasteiger partial charge in [0, 0.05) is 18.7 Å². The van der Waals surface area contributed by atoms with Crippen molar-refractivity contribution in [2.24, 2.45) is 0 Å². The first kappa shape index (κ1) is 30.5. The number of hydrogen-bond acceptors (Lipinski definition) is 6. The van der Waals surface area contributed by atoms with Gasteiger partial charge in [-0.05, 0) is 50.1 Å². The third kappa shape index (κ3) is 7.32. The second-order valence-corrected chi connectivity index (χ2v) is 11.3. The van der Waals surface area contributed by atoms with Crippen molar-refractivity contribution in [1.29, 1.82) is 0 Å². The predicted octanol–water partition coefficient (Wildman–Crippen LogP) is 4.23. The molecule has 0 radical (unpaired) electrons. The summed E-state index contributed by atoms with van der Waals surface area (Å²) in [5.74, 6) is -0.218. The third-order valence-corrected chi connectivity index (χ3v) is 8.05. The highest BCUT2D eigenvalue weighted by Crippen LogP contribution is 2.36. The number of rotatable bonds is 13. The zero-order valence-electron chi connectivity index (χ0n) is 23.5. The van der Waals surface area contributed by atoms with Crippen LogP contribution in [0.15, 0.2) is 83.8 Å². The molecule has 0 unspecified atom stereocenters. The Balaban J connectivity index is 2.13. The Kier molecular flexibility index (Phi) is 10.6. The Morgan fingerprint density at radius 1 is 0.900 bits per heavy atom. The Morgan fingerprint density at radius 2 is 1.52 bits per heavy atom. The van der Waals surface area contributed by atoms with Crippen molar-refractivity contribution >= 4 is 27.5 Å². The first-order valence-corrected chi connectivity index (χ1v) is 14.5. The fourth-order valence-electron chi connectivity index (χ4n) is 4.31. The van der Waals surface area contributed by atoms with Gasteiger partial charge in [0.25, 0.3) is 10.0 Å². The normalized spacial score (nSPS) is 11.9. The van der Waals surface area contributed by atoms with Gasteiger partial charge in [-0.3, -0.25) is 13.9 Å². The molecule has 214 valence electrons. The number of nitrogens with zero attached hydrogens (tertiary/aromatic N) is 2. The highest BCUT2D eigenvalue weighted by Gasteiger charge is 2.35. The first-order valence-electron chi connectivity index (χ1n) is 13.1. The smallest absolute Gasteiger partial charge is 0.264 e. The van der Waals surface area contributed by atoms with Crippen LogP contribution in [-0.4, -0.2) is 58.0 Å². The number of ether oxygens (including phenoxy) is 2. The molecule has 0 saturated heterocycles. The van der Waals surface area contributed by atoms with E-state index in [0.717, 1.165) is 9.87 Å². The fourth-order valence-corrected chi connectivity index (χ4v) is 5.74. The SMILES string of the molecule is CC[C@@H](C(=O)NC(C)C)N(Cc1ccccc1)C(=O)CN(c1cc(OC)ccc1OC)S(=O)(=O)c1ccccc1. The van der Waals surface area contributed by atoms with E-state index in [4.69, 9.17) is 9.47 Å². The number of carbonyl (C=O) groups is 2. The molecule has 1 atom stereocenters. The van der Waals surface area contributed by atoms with Crippen LogP contribution in [-0.2, 0) is 26.2 Å². The van der Waals surface area contributed by atoms with Gasteiger partial charge in [0.05, 0.1) is 24.8 Å². The Morgan fingerprint density at radius 3 is 2.08 bits per heavy atom. The van der Waals surface area contributed by atoms with Gasteiger partial charge in [0.1, 0.15) is 24.1 Å². The summed E-state index contributed by atoms with van der Waals surface area (Å²) >= 11 is 0. The summed E-state index contributed by atoms with van der Waals surface area (Å²) < 4.78 is 39.9. The highest BCUT2D eigenvalue weighted by molar-refractivity contribution is 7.92. The third-order valence-electron chi connectivity index (χ3n) is 6.28. The second-order valence-electron chi connectivity index (χ2n) is 9.46. The van der Waals surface area contributed by atoms with Crippen molar-refractivity contribution in [2.75, 3.05) is 25.1 Å². The molecule has 1 N–H and O–H groups in total. The van der Waals surface area contributed by atoms with E-state index in [-0.39, 0.29) is 34.8 Å². The quantitative estimate of drug-likeness (QED) is 0.332. The molecule has 0 aliphatic rings. The van der Waals surface area contributed by atoms with Gasteiger partial charge in [0.15, 0.2) is 0 Å². The van der Waals surface area contributed by atoms with Crippen LogP contribution in [0.3, 0.4) is 0 Å². The zero-order valence-corrected chi connectivity index (χ0v) is 24.4. The second kappa shape index (κ2) is 13.8. The first-order chi connectivity index (χ1) is 19.1. The lowest BCUT2D eigenvalue weighted by molar-refractivity contribution is -0.140. The van der Waals surface area contributed by atoms with Crippen LogP contribution >= 0.6 is 0 Å². The van der Waals surface area contributed by atoms with Crippen molar-refractivity contribution in [3.8, 4) is 11.5 Å². The number of anilines is 1. The molecule has 10 heteroatoms. The molecule has 0 heterocycles. The lowest BCUT2D eigenvalue weighted by atomic mass is 10.1. The highest BCUT2D eigenvalue weighted by atomic mass is 32.2. The number of benzene rings is 3. The molecule has 0 fully saturated rings. The molecule has 0 bridgehead atoms. The van der Waals surface area contributed by atoms with Crippen molar-refractivity contribution in [2.45, 2.75) is 50.7 Å². The largest absolute Gasteiger partial charge is 0.497 e. The minimum Gasteiger partial charge on any atom is -0.497 e. The minimum absolute atomic E-state index is 0.00637. The maximum absolute atomic E-state index is 14.1. The van der Waals surface area contributed by atoms with Crippen LogP contribution in [0.25, 0.3) is 0 Å². The molecule has 0 saturated carbocycles. The van der Waals surface area contributed by atoms with E-state index in [1.165, 1.54) is 37.3 Å². The number of sulfonamides is 1. The average Bonchev–Trinajstić information content (AvgIpc) is 2.95. The van der Waals surface area contributed by atoms with E-state index >= 15 is 0 Å². The standard InChI is InChI=1S/C30H37N3O6S/c1-6-26(30(35)31-22(2)3)32(20-23-13-9-7-10-14-23)29(34)21-33(40(36,37)25-15-11-8-12-16-25)27-19-24(38-4)17-18-28(27)39-5/h7-19,22,26H,6,20-21H2,1-5H3,(H,31,35)/t26-/m0/s1. The summed E-state index contributed by atoms with van der Waals surface area (Å²) in [4.78, 5) is 28.8. The van der Waals surface area contributed by atoms with Crippen molar-refractivity contribution in [1.82, 2.24) is 10.2 Å². The maximum atomic E-state index is 14.1.